The van der Waals surface area contributed by atoms with Gasteiger partial charge < -0.3 is 20.5 Å². The summed E-state index contributed by atoms with van der Waals surface area (Å²) in [6.07, 6.45) is 0.964. The van der Waals surface area contributed by atoms with Gasteiger partial charge in [-0.05, 0) is 43.1 Å². The molecule has 1 aromatic carbocycles. The predicted molar refractivity (Wildman–Crippen MR) is 69.9 cm³/mol. The zero-order chi connectivity index (χ0) is 12.7. The van der Waals surface area contributed by atoms with Gasteiger partial charge in [-0.25, -0.2) is 0 Å². The van der Waals surface area contributed by atoms with E-state index in [2.05, 4.69) is 12.2 Å². The lowest BCUT2D eigenvalue weighted by molar-refractivity contribution is 0.354. The number of aryl methyl sites for hydroxylation is 1. The molecule has 0 aliphatic heterocycles. The Labute approximate surface area is 103 Å². The summed E-state index contributed by atoms with van der Waals surface area (Å²) in [6, 6.07) is 4.05. The van der Waals surface area contributed by atoms with Gasteiger partial charge in [0.25, 0.3) is 0 Å². The van der Waals surface area contributed by atoms with E-state index >= 15 is 0 Å². The maximum Gasteiger partial charge on any atom is 0.161 e. The SMILES string of the molecule is COc1cc(C)c(CCNCCN)cc1OC. The number of methoxy groups -OCH3 is 2. The number of ether oxygens (including phenoxy) is 2. The van der Waals surface area contributed by atoms with Gasteiger partial charge >= 0.3 is 0 Å². The fourth-order valence-electron chi connectivity index (χ4n) is 1.74. The lowest BCUT2D eigenvalue weighted by atomic mass is 10.0. The van der Waals surface area contributed by atoms with E-state index in [1.54, 1.807) is 14.2 Å². The molecular weight excluding hydrogens is 216 g/mol. The minimum absolute atomic E-state index is 0.672. The Kier molecular flexibility index (Phi) is 5.80. The third kappa shape index (κ3) is 3.91. The summed E-state index contributed by atoms with van der Waals surface area (Å²) < 4.78 is 10.6. The molecule has 0 heterocycles. The normalized spacial score (nSPS) is 10.4. The van der Waals surface area contributed by atoms with Crippen molar-refractivity contribution in [2.75, 3.05) is 33.9 Å². The van der Waals surface area contributed by atoms with Crippen LogP contribution in [-0.2, 0) is 6.42 Å². The molecule has 0 aromatic heterocycles. The van der Waals surface area contributed by atoms with E-state index in [0.717, 1.165) is 31.0 Å². The van der Waals surface area contributed by atoms with Crippen molar-refractivity contribution in [3.05, 3.63) is 23.3 Å². The van der Waals surface area contributed by atoms with Crippen LogP contribution in [0.25, 0.3) is 0 Å². The smallest absolute Gasteiger partial charge is 0.161 e. The van der Waals surface area contributed by atoms with Crippen molar-refractivity contribution in [3.8, 4) is 11.5 Å². The van der Waals surface area contributed by atoms with Gasteiger partial charge in [-0.1, -0.05) is 0 Å². The van der Waals surface area contributed by atoms with Crippen molar-refractivity contribution >= 4 is 0 Å². The van der Waals surface area contributed by atoms with E-state index in [9.17, 15) is 0 Å². The molecule has 0 aliphatic carbocycles. The maximum absolute atomic E-state index is 5.42. The monoisotopic (exact) mass is 238 g/mol. The number of benzene rings is 1. The molecule has 0 unspecified atom stereocenters. The van der Waals surface area contributed by atoms with E-state index in [1.165, 1.54) is 11.1 Å². The highest BCUT2D eigenvalue weighted by Crippen LogP contribution is 2.30. The van der Waals surface area contributed by atoms with Crippen LogP contribution in [0.15, 0.2) is 12.1 Å². The third-order valence-corrected chi connectivity index (χ3v) is 2.73. The molecule has 3 N–H and O–H groups in total. The Bertz CT molecular complexity index is 354. The lowest BCUT2D eigenvalue weighted by Gasteiger charge is -2.13. The molecule has 4 heteroatoms. The van der Waals surface area contributed by atoms with Crippen LogP contribution in [0.4, 0.5) is 0 Å². The van der Waals surface area contributed by atoms with Gasteiger partial charge in [0.15, 0.2) is 11.5 Å². The Morgan fingerprint density at radius 3 is 2.35 bits per heavy atom. The second-order valence-electron chi connectivity index (χ2n) is 3.92. The summed E-state index contributed by atoms with van der Waals surface area (Å²) in [5.74, 6) is 1.57. The number of nitrogens with one attached hydrogen (secondary N) is 1. The van der Waals surface area contributed by atoms with Gasteiger partial charge in [-0.15, -0.1) is 0 Å². The van der Waals surface area contributed by atoms with Crippen LogP contribution < -0.4 is 20.5 Å². The average Bonchev–Trinajstić information content (AvgIpc) is 2.35. The Morgan fingerprint density at radius 1 is 1.12 bits per heavy atom. The highest BCUT2D eigenvalue weighted by molar-refractivity contribution is 5.47. The van der Waals surface area contributed by atoms with E-state index in [1.807, 2.05) is 12.1 Å². The van der Waals surface area contributed by atoms with Gasteiger partial charge in [-0.2, -0.15) is 0 Å². The molecule has 0 amide bonds. The second kappa shape index (κ2) is 7.14. The molecule has 17 heavy (non-hydrogen) atoms. The first-order valence-corrected chi connectivity index (χ1v) is 5.85. The van der Waals surface area contributed by atoms with Crippen LogP contribution >= 0.6 is 0 Å². The fraction of sp³-hybridized carbons (Fsp3) is 0.538. The molecule has 1 rings (SSSR count). The molecule has 0 bridgehead atoms. The molecule has 0 atom stereocenters. The van der Waals surface area contributed by atoms with Crippen LogP contribution in [0.3, 0.4) is 0 Å². The summed E-state index contributed by atoms with van der Waals surface area (Å²) in [5.41, 5.74) is 7.91. The van der Waals surface area contributed by atoms with Crippen LogP contribution in [-0.4, -0.2) is 33.9 Å². The quantitative estimate of drug-likeness (QED) is 0.699. The summed E-state index contributed by atoms with van der Waals surface area (Å²) in [5, 5.41) is 3.28. The molecule has 0 spiro atoms. The number of hydrogen-bond acceptors (Lipinski definition) is 4. The summed E-state index contributed by atoms with van der Waals surface area (Å²) >= 11 is 0. The Balaban J connectivity index is 2.71. The van der Waals surface area contributed by atoms with Crippen molar-refractivity contribution in [2.45, 2.75) is 13.3 Å². The molecular formula is C13H22N2O2. The van der Waals surface area contributed by atoms with Crippen LogP contribution in [0, 0.1) is 6.92 Å². The van der Waals surface area contributed by atoms with Gasteiger partial charge in [0, 0.05) is 13.1 Å². The van der Waals surface area contributed by atoms with Gasteiger partial charge in [0.1, 0.15) is 0 Å². The second-order valence-corrected chi connectivity index (χ2v) is 3.92. The molecule has 0 fully saturated rings. The molecule has 0 radical (unpaired) electrons. The maximum atomic E-state index is 5.42. The molecule has 0 saturated carbocycles. The van der Waals surface area contributed by atoms with Crippen molar-refractivity contribution in [3.63, 3.8) is 0 Å². The molecule has 4 nitrogen and oxygen atoms in total. The van der Waals surface area contributed by atoms with Crippen molar-refractivity contribution in [1.29, 1.82) is 0 Å². The molecule has 0 aliphatic rings. The number of rotatable bonds is 7. The van der Waals surface area contributed by atoms with E-state index in [-0.39, 0.29) is 0 Å². The number of hydrogen-bond donors (Lipinski definition) is 2. The minimum Gasteiger partial charge on any atom is -0.493 e. The first-order valence-electron chi connectivity index (χ1n) is 5.85. The van der Waals surface area contributed by atoms with Crippen LogP contribution in [0.1, 0.15) is 11.1 Å². The first-order chi connectivity index (χ1) is 8.22. The fourth-order valence-corrected chi connectivity index (χ4v) is 1.74. The van der Waals surface area contributed by atoms with Gasteiger partial charge in [0.2, 0.25) is 0 Å². The summed E-state index contributed by atoms with van der Waals surface area (Å²) in [4.78, 5) is 0. The van der Waals surface area contributed by atoms with Crippen LogP contribution in [0.2, 0.25) is 0 Å². The minimum atomic E-state index is 0.672. The highest BCUT2D eigenvalue weighted by Gasteiger charge is 2.07. The average molecular weight is 238 g/mol. The topological polar surface area (TPSA) is 56.5 Å². The zero-order valence-electron chi connectivity index (χ0n) is 10.9. The predicted octanol–water partition coefficient (Wildman–Crippen LogP) is 1.10. The van der Waals surface area contributed by atoms with E-state index in [4.69, 9.17) is 15.2 Å². The number of nitrogens with two attached hydrogens (primary N) is 1. The first kappa shape index (κ1) is 13.8. The van der Waals surface area contributed by atoms with Crippen LogP contribution in [0.5, 0.6) is 11.5 Å². The highest BCUT2D eigenvalue weighted by atomic mass is 16.5. The molecule has 96 valence electrons. The molecule has 1 aromatic rings. The third-order valence-electron chi connectivity index (χ3n) is 2.73. The van der Waals surface area contributed by atoms with E-state index < -0.39 is 0 Å². The van der Waals surface area contributed by atoms with Crippen molar-refractivity contribution < 1.29 is 9.47 Å². The Morgan fingerprint density at radius 2 is 1.76 bits per heavy atom. The lowest BCUT2D eigenvalue weighted by Crippen LogP contribution is -2.24. The van der Waals surface area contributed by atoms with Gasteiger partial charge in [-0.3, -0.25) is 0 Å². The van der Waals surface area contributed by atoms with E-state index in [0.29, 0.717) is 6.54 Å². The van der Waals surface area contributed by atoms with Crippen molar-refractivity contribution in [2.24, 2.45) is 5.73 Å². The van der Waals surface area contributed by atoms with Crippen molar-refractivity contribution in [1.82, 2.24) is 5.32 Å². The largest absolute Gasteiger partial charge is 0.493 e. The summed E-state index contributed by atoms with van der Waals surface area (Å²) in [6.45, 7) is 4.53. The van der Waals surface area contributed by atoms with Gasteiger partial charge in [0.05, 0.1) is 14.2 Å². The molecule has 0 saturated heterocycles. The standard InChI is InChI=1S/C13H22N2O2/c1-10-8-12(16-2)13(17-3)9-11(10)4-6-15-7-5-14/h8-9,15H,4-7,14H2,1-3H3. The zero-order valence-corrected chi connectivity index (χ0v) is 10.9. The Hall–Kier alpha value is -1.26. The summed E-state index contributed by atoms with van der Waals surface area (Å²) in [7, 11) is 3.31.